The predicted molar refractivity (Wildman–Crippen MR) is 84.6 cm³/mol. The highest BCUT2D eigenvalue weighted by atomic mass is 16.2. The number of anilines is 2. The zero-order valence-corrected chi connectivity index (χ0v) is 13.2. The highest BCUT2D eigenvalue weighted by Gasteiger charge is 2.68. The molecule has 1 aromatic rings. The Morgan fingerprint density at radius 3 is 2.30 bits per heavy atom. The van der Waals surface area contributed by atoms with Gasteiger partial charge in [-0.2, -0.15) is 0 Å². The van der Waals surface area contributed by atoms with Gasteiger partial charge in [0.05, 0.1) is 0 Å². The lowest BCUT2D eigenvalue weighted by Crippen LogP contribution is -2.34. The molecule has 1 saturated carbocycles. The van der Waals surface area contributed by atoms with Gasteiger partial charge in [-0.05, 0) is 35.4 Å². The molecular formula is C17H26N2O. The Balaban J connectivity index is 2.29. The standard InChI is InChI=1S/C17H26N2O/c1-6-10-19(13-9-7-8-12(18)11-13)15(20)14-16(2,3)17(14,4)5/h7-9,11,14H,6,10,18H2,1-5H3. The minimum absolute atomic E-state index is 0.0659. The number of hydrogen-bond donors (Lipinski definition) is 1. The van der Waals surface area contributed by atoms with Crippen LogP contribution in [0.5, 0.6) is 0 Å². The Morgan fingerprint density at radius 2 is 1.85 bits per heavy atom. The second kappa shape index (κ2) is 4.80. The maximum absolute atomic E-state index is 12.9. The van der Waals surface area contributed by atoms with E-state index in [0.717, 1.165) is 18.7 Å². The van der Waals surface area contributed by atoms with Gasteiger partial charge in [-0.1, -0.05) is 40.7 Å². The summed E-state index contributed by atoms with van der Waals surface area (Å²) >= 11 is 0. The fourth-order valence-electron chi connectivity index (χ4n) is 3.25. The van der Waals surface area contributed by atoms with E-state index in [2.05, 4.69) is 34.6 Å². The first-order valence-corrected chi connectivity index (χ1v) is 7.40. The number of nitrogen functional groups attached to an aromatic ring is 1. The summed E-state index contributed by atoms with van der Waals surface area (Å²) in [6.45, 7) is 11.6. The average Bonchev–Trinajstić information content (AvgIpc) is 2.76. The largest absolute Gasteiger partial charge is 0.399 e. The number of benzene rings is 1. The van der Waals surface area contributed by atoms with Crippen LogP contribution >= 0.6 is 0 Å². The summed E-state index contributed by atoms with van der Waals surface area (Å²) in [4.78, 5) is 14.8. The Bertz CT molecular complexity index is 505. The molecule has 1 aromatic carbocycles. The molecule has 2 rings (SSSR count). The third-order valence-corrected chi connectivity index (χ3v) is 5.16. The molecule has 0 saturated heterocycles. The van der Waals surface area contributed by atoms with Crippen molar-refractivity contribution >= 4 is 17.3 Å². The van der Waals surface area contributed by atoms with Crippen molar-refractivity contribution in [3.8, 4) is 0 Å². The topological polar surface area (TPSA) is 46.3 Å². The van der Waals surface area contributed by atoms with Crippen LogP contribution in [0, 0.1) is 16.7 Å². The number of rotatable bonds is 4. The van der Waals surface area contributed by atoms with Gasteiger partial charge < -0.3 is 10.6 Å². The van der Waals surface area contributed by atoms with Gasteiger partial charge in [0, 0.05) is 23.8 Å². The lowest BCUT2D eigenvalue weighted by atomic mass is 10.0. The Morgan fingerprint density at radius 1 is 1.25 bits per heavy atom. The van der Waals surface area contributed by atoms with E-state index in [1.807, 2.05) is 29.2 Å². The second-order valence-corrected chi connectivity index (χ2v) is 6.96. The molecule has 2 N–H and O–H groups in total. The molecule has 0 bridgehead atoms. The minimum Gasteiger partial charge on any atom is -0.399 e. The number of carbonyl (C=O) groups is 1. The quantitative estimate of drug-likeness (QED) is 0.851. The Hall–Kier alpha value is -1.51. The van der Waals surface area contributed by atoms with Gasteiger partial charge in [-0.15, -0.1) is 0 Å². The van der Waals surface area contributed by atoms with Gasteiger partial charge in [0.15, 0.2) is 0 Å². The molecule has 3 nitrogen and oxygen atoms in total. The highest BCUT2D eigenvalue weighted by molar-refractivity contribution is 5.98. The van der Waals surface area contributed by atoms with Crippen LogP contribution in [0.25, 0.3) is 0 Å². The third kappa shape index (κ3) is 2.19. The molecule has 1 amide bonds. The predicted octanol–water partition coefficient (Wildman–Crippen LogP) is 3.69. The molecular weight excluding hydrogens is 248 g/mol. The average molecular weight is 274 g/mol. The van der Waals surface area contributed by atoms with E-state index < -0.39 is 0 Å². The highest BCUT2D eigenvalue weighted by Crippen LogP contribution is 2.68. The molecule has 0 spiro atoms. The molecule has 20 heavy (non-hydrogen) atoms. The first-order chi connectivity index (χ1) is 9.23. The molecule has 0 aliphatic heterocycles. The molecule has 1 fully saturated rings. The van der Waals surface area contributed by atoms with Crippen molar-refractivity contribution in [1.29, 1.82) is 0 Å². The number of nitrogens with zero attached hydrogens (tertiary/aromatic N) is 1. The van der Waals surface area contributed by atoms with Crippen LogP contribution in [-0.4, -0.2) is 12.5 Å². The molecule has 0 aromatic heterocycles. The van der Waals surface area contributed by atoms with Crippen LogP contribution in [0.1, 0.15) is 41.0 Å². The maximum atomic E-state index is 12.9. The monoisotopic (exact) mass is 274 g/mol. The molecule has 0 radical (unpaired) electrons. The lowest BCUT2D eigenvalue weighted by molar-refractivity contribution is -0.120. The summed E-state index contributed by atoms with van der Waals surface area (Å²) in [5, 5.41) is 0. The first-order valence-electron chi connectivity index (χ1n) is 7.40. The van der Waals surface area contributed by atoms with Gasteiger partial charge in [-0.3, -0.25) is 4.79 Å². The fourth-order valence-corrected chi connectivity index (χ4v) is 3.25. The van der Waals surface area contributed by atoms with Crippen molar-refractivity contribution in [1.82, 2.24) is 0 Å². The summed E-state index contributed by atoms with van der Waals surface area (Å²) < 4.78 is 0. The molecule has 0 atom stereocenters. The van der Waals surface area contributed by atoms with Crippen LogP contribution in [-0.2, 0) is 4.79 Å². The molecule has 1 aliphatic rings. The summed E-state index contributed by atoms with van der Waals surface area (Å²) in [5.74, 6) is 0.315. The molecule has 110 valence electrons. The van der Waals surface area contributed by atoms with E-state index in [-0.39, 0.29) is 22.7 Å². The SMILES string of the molecule is CCCN(C(=O)C1C(C)(C)C1(C)C)c1cccc(N)c1. The van der Waals surface area contributed by atoms with Crippen LogP contribution < -0.4 is 10.6 Å². The number of nitrogens with two attached hydrogens (primary N) is 1. The molecule has 0 unspecified atom stereocenters. The van der Waals surface area contributed by atoms with Gasteiger partial charge in [-0.25, -0.2) is 0 Å². The third-order valence-electron chi connectivity index (χ3n) is 5.16. The van der Waals surface area contributed by atoms with E-state index in [0.29, 0.717) is 5.69 Å². The van der Waals surface area contributed by atoms with Gasteiger partial charge in [0.25, 0.3) is 0 Å². The Labute approximate surface area is 122 Å². The minimum atomic E-state index is 0.0659. The Kier molecular flexibility index (Phi) is 3.57. The van der Waals surface area contributed by atoms with E-state index >= 15 is 0 Å². The summed E-state index contributed by atoms with van der Waals surface area (Å²) in [6, 6.07) is 7.61. The van der Waals surface area contributed by atoms with Gasteiger partial charge in [0.2, 0.25) is 5.91 Å². The second-order valence-electron chi connectivity index (χ2n) is 6.96. The van der Waals surface area contributed by atoms with E-state index in [1.54, 1.807) is 0 Å². The van der Waals surface area contributed by atoms with Crippen molar-refractivity contribution in [2.75, 3.05) is 17.2 Å². The van der Waals surface area contributed by atoms with Crippen molar-refractivity contribution in [3.63, 3.8) is 0 Å². The molecule has 0 heterocycles. The normalized spacial score (nSPS) is 19.6. The number of hydrogen-bond acceptors (Lipinski definition) is 2. The smallest absolute Gasteiger partial charge is 0.231 e. The first kappa shape index (κ1) is 14.9. The van der Waals surface area contributed by atoms with Crippen LogP contribution in [0.15, 0.2) is 24.3 Å². The van der Waals surface area contributed by atoms with Crippen molar-refractivity contribution in [2.45, 2.75) is 41.0 Å². The summed E-state index contributed by atoms with van der Waals surface area (Å²) in [5.41, 5.74) is 7.60. The maximum Gasteiger partial charge on any atom is 0.231 e. The van der Waals surface area contributed by atoms with Crippen molar-refractivity contribution in [2.24, 2.45) is 16.7 Å². The van der Waals surface area contributed by atoms with Crippen LogP contribution in [0.3, 0.4) is 0 Å². The summed E-state index contributed by atoms with van der Waals surface area (Å²) in [6.07, 6.45) is 0.939. The van der Waals surface area contributed by atoms with Crippen LogP contribution in [0.2, 0.25) is 0 Å². The molecule has 3 heteroatoms. The lowest BCUT2D eigenvalue weighted by Gasteiger charge is -2.23. The van der Waals surface area contributed by atoms with E-state index in [9.17, 15) is 4.79 Å². The van der Waals surface area contributed by atoms with Gasteiger partial charge in [0.1, 0.15) is 0 Å². The number of amides is 1. The summed E-state index contributed by atoms with van der Waals surface area (Å²) in [7, 11) is 0. The zero-order valence-electron chi connectivity index (χ0n) is 13.2. The molecule has 1 aliphatic carbocycles. The van der Waals surface area contributed by atoms with Crippen molar-refractivity contribution < 1.29 is 4.79 Å². The van der Waals surface area contributed by atoms with E-state index in [4.69, 9.17) is 5.73 Å². The van der Waals surface area contributed by atoms with Crippen LogP contribution in [0.4, 0.5) is 11.4 Å². The van der Waals surface area contributed by atoms with Crippen molar-refractivity contribution in [3.05, 3.63) is 24.3 Å². The zero-order chi connectivity index (χ0) is 15.1. The van der Waals surface area contributed by atoms with E-state index in [1.165, 1.54) is 0 Å². The number of carbonyl (C=O) groups excluding carboxylic acids is 1. The fraction of sp³-hybridized carbons (Fsp3) is 0.588. The van der Waals surface area contributed by atoms with Gasteiger partial charge >= 0.3 is 0 Å².